The Hall–Kier alpha value is -1.88. The van der Waals surface area contributed by atoms with Crippen molar-refractivity contribution in [2.24, 2.45) is 0 Å². The van der Waals surface area contributed by atoms with Crippen LogP contribution in [-0.4, -0.2) is 5.78 Å². The Morgan fingerprint density at radius 2 is 1.67 bits per heavy atom. The third kappa shape index (κ3) is 3.42. The topological polar surface area (TPSA) is 17.1 Å². The number of benzene rings is 2. The summed E-state index contributed by atoms with van der Waals surface area (Å²) < 4.78 is 51.5. The molecule has 1 nitrogen and oxygen atoms in total. The molecule has 1 atom stereocenters. The van der Waals surface area contributed by atoms with Crippen molar-refractivity contribution in [2.75, 3.05) is 0 Å². The zero-order chi connectivity index (χ0) is 15.6. The Kier molecular flexibility index (Phi) is 4.32. The van der Waals surface area contributed by atoms with E-state index >= 15 is 0 Å². The minimum absolute atomic E-state index is 0.390. The highest BCUT2D eigenvalue weighted by atomic mass is 35.5. The monoisotopic (exact) mass is 316 g/mol. The summed E-state index contributed by atoms with van der Waals surface area (Å²) in [6.45, 7) is 0. The second kappa shape index (κ2) is 5.85. The smallest absolute Gasteiger partial charge is 0.292 e. The first-order valence-electron chi connectivity index (χ1n) is 5.90. The number of Topliss-reactive ketones (excluding diaryl/α,β-unsaturated/α-hetero) is 1. The molecule has 0 bridgehead atoms. The molecular weight excluding hydrogens is 308 g/mol. The van der Waals surface area contributed by atoms with Crippen molar-refractivity contribution in [2.45, 2.75) is 11.6 Å². The fraction of sp³-hybridized carbons (Fsp3) is 0.133. The van der Waals surface area contributed by atoms with Crippen molar-refractivity contribution < 1.29 is 22.4 Å². The van der Waals surface area contributed by atoms with Crippen LogP contribution in [-0.2, 0) is 6.18 Å². The average molecular weight is 317 g/mol. The molecule has 110 valence electrons. The van der Waals surface area contributed by atoms with Crippen LogP contribution in [0.5, 0.6) is 0 Å². The van der Waals surface area contributed by atoms with E-state index < -0.39 is 34.3 Å². The van der Waals surface area contributed by atoms with Crippen LogP contribution in [0.4, 0.5) is 17.6 Å². The number of hydrogen-bond donors (Lipinski definition) is 0. The zero-order valence-corrected chi connectivity index (χ0v) is 11.3. The van der Waals surface area contributed by atoms with Crippen molar-refractivity contribution in [3.8, 4) is 0 Å². The molecule has 0 aliphatic carbocycles. The lowest BCUT2D eigenvalue weighted by atomic mass is 10.00. The van der Waals surface area contributed by atoms with E-state index in [1.165, 1.54) is 0 Å². The summed E-state index contributed by atoms with van der Waals surface area (Å²) in [5.41, 5.74) is -1.38. The van der Waals surface area contributed by atoms with E-state index in [0.717, 1.165) is 0 Å². The third-order valence-electron chi connectivity index (χ3n) is 2.88. The maximum atomic E-state index is 13.6. The molecule has 0 aliphatic rings. The molecule has 2 rings (SSSR count). The quantitative estimate of drug-likeness (QED) is 0.442. The van der Waals surface area contributed by atoms with Gasteiger partial charge in [0.05, 0.1) is 11.1 Å². The number of carbonyl (C=O) groups is 1. The number of rotatable bonds is 3. The van der Waals surface area contributed by atoms with Crippen LogP contribution in [0.1, 0.15) is 26.9 Å². The second-order valence-corrected chi connectivity index (χ2v) is 4.77. The highest BCUT2D eigenvalue weighted by Gasteiger charge is 2.32. The van der Waals surface area contributed by atoms with Crippen LogP contribution >= 0.6 is 11.6 Å². The molecule has 2 aromatic rings. The standard InChI is InChI=1S/C15H9ClF4O/c16-13(9-4-2-1-3-5-9)14(21)11-8-10(15(18,19)20)6-7-12(11)17/h1-8,13H. The van der Waals surface area contributed by atoms with Gasteiger partial charge in [-0.2, -0.15) is 13.2 Å². The number of ketones is 1. The SMILES string of the molecule is O=C(c1cc(C(F)(F)F)ccc1F)C(Cl)c1ccccc1. The summed E-state index contributed by atoms with van der Waals surface area (Å²) in [7, 11) is 0. The molecule has 6 heteroatoms. The summed E-state index contributed by atoms with van der Waals surface area (Å²) in [6.07, 6.45) is -4.66. The number of halogens is 5. The van der Waals surface area contributed by atoms with Crippen molar-refractivity contribution in [1.29, 1.82) is 0 Å². The first kappa shape index (κ1) is 15.5. The van der Waals surface area contributed by atoms with E-state index in [9.17, 15) is 22.4 Å². The lowest BCUT2D eigenvalue weighted by molar-refractivity contribution is -0.137. The van der Waals surface area contributed by atoms with Gasteiger partial charge in [0.25, 0.3) is 0 Å². The molecule has 0 radical (unpaired) electrons. The van der Waals surface area contributed by atoms with Gasteiger partial charge in [-0.1, -0.05) is 30.3 Å². The molecular formula is C15H9ClF4O. The normalized spacial score (nSPS) is 13.0. The zero-order valence-electron chi connectivity index (χ0n) is 10.5. The van der Waals surface area contributed by atoms with Gasteiger partial charge in [-0.05, 0) is 23.8 Å². The van der Waals surface area contributed by atoms with Gasteiger partial charge in [-0.3, -0.25) is 4.79 Å². The molecule has 2 aromatic carbocycles. The van der Waals surface area contributed by atoms with Crippen LogP contribution in [0, 0.1) is 5.82 Å². The summed E-state index contributed by atoms with van der Waals surface area (Å²) in [5.74, 6) is -1.94. The van der Waals surface area contributed by atoms with E-state index in [2.05, 4.69) is 0 Å². The predicted molar refractivity (Wildman–Crippen MR) is 70.8 cm³/mol. The molecule has 0 heterocycles. The molecule has 0 spiro atoms. The Morgan fingerprint density at radius 1 is 1.05 bits per heavy atom. The maximum Gasteiger partial charge on any atom is 0.416 e. The Morgan fingerprint density at radius 3 is 2.24 bits per heavy atom. The fourth-order valence-electron chi connectivity index (χ4n) is 1.80. The van der Waals surface area contributed by atoms with Crippen LogP contribution in [0.2, 0.25) is 0 Å². The minimum atomic E-state index is -4.66. The van der Waals surface area contributed by atoms with Crippen LogP contribution < -0.4 is 0 Å². The number of alkyl halides is 4. The van der Waals surface area contributed by atoms with Gasteiger partial charge in [0.15, 0.2) is 5.78 Å². The average Bonchev–Trinajstić information content (AvgIpc) is 2.46. The van der Waals surface area contributed by atoms with Gasteiger partial charge in [0.1, 0.15) is 11.2 Å². The molecule has 1 unspecified atom stereocenters. The molecule has 0 aromatic heterocycles. The molecule has 0 fully saturated rings. The van der Waals surface area contributed by atoms with Gasteiger partial charge in [-0.25, -0.2) is 4.39 Å². The Bertz CT molecular complexity index is 652. The van der Waals surface area contributed by atoms with E-state index in [0.29, 0.717) is 23.8 Å². The molecule has 0 amide bonds. The molecule has 0 saturated carbocycles. The summed E-state index contributed by atoms with van der Waals surface area (Å²) in [4.78, 5) is 12.1. The lowest BCUT2D eigenvalue weighted by Crippen LogP contribution is -2.13. The van der Waals surface area contributed by atoms with E-state index in [1.807, 2.05) is 0 Å². The van der Waals surface area contributed by atoms with Crippen LogP contribution in [0.25, 0.3) is 0 Å². The lowest BCUT2D eigenvalue weighted by Gasteiger charge is -2.12. The third-order valence-corrected chi connectivity index (χ3v) is 3.33. The van der Waals surface area contributed by atoms with Gasteiger partial charge in [0, 0.05) is 0 Å². The van der Waals surface area contributed by atoms with Crippen molar-refractivity contribution in [1.82, 2.24) is 0 Å². The first-order valence-corrected chi connectivity index (χ1v) is 6.34. The summed E-state index contributed by atoms with van der Waals surface area (Å²) in [5, 5.41) is -1.25. The fourth-order valence-corrected chi connectivity index (χ4v) is 2.06. The van der Waals surface area contributed by atoms with Crippen molar-refractivity contribution in [3.05, 3.63) is 71.0 Å². The molecule has 0 saturated heterocycles. The minimum Gasteiger partial charge on any atom is -0.292 e. The van der Waals surface area contributed by atoms with Crippen molar-refractivity contribution >= 4 is 17.4 Å². The van der Waals surface area contributed by atoms with E-state index in [-0.39, 0.29) is 0 Å². The second-order valence-electron chi connectivity index (χ2n) is 4.33. The summed E-state index contributed by atoms with van der Waals surface area (Å²) in [6, 6.07) is 9.71. The van der Waals surface area contributed by atoms with Gasteiger partial charge < -0.3 is 0 Å². The van der Waals surface area contributed by atoms with E-state index in [4.69, 9.17) is 11.6 Å². The van der Waals surface area contributed by atoms with Gasteiger partial charge in [-0.15, -0.1) is 11.6 Å². The van der Waals surface area contributed by atoms with Crippen molar-refractivity contribution in [3.63, 3.8) is 0 Å². The summed E-state index contributed by atoms with van der Waals surface area (Å²) >= 11 is 5.93. The van der Waals surface area contributed by atoms with Gasteiger partial charge in [0.2, 0.25) is 0 Å². The largest absolute Gasteiger partial charge is 0.416 e. The molecule has 0 N–H and O–H groups in total. The maximum absolute atomic E-state index is 13.6. The predicted octanol–water partition coefficient (Wildman–Crippen LogP) is 5.01. The van der Waals surface area contributed by atoms with Gasteiger partial charge >= 0.3 is 6.18 Å². The van der Waals surface area contributed by atoms with E-state index in [1.54, 1.807) is 30.3 Å². The number of hydrogen-bond acceptors (Lipinski definition) is 1. The molecule has 21 heavy (non-hydrogen) atoms. The highest BCUT2D eigenvalue weighted by molar-refractivity contribution is 6.33. The highest BCUT2D eigenvalue weighted by Crippen LogP contribution is 2.32. The van der Waals surface area contributed by atoms with Crippen LogP contribution in [0.15, 0.2) is 48.5 Å². The Balaban J connectivity index is 2.39. The first-order chi connectivity index (χ1) is 9.80. The molecule has 0 aliphatic heterocycles. The van der Waals surface area contributed by atoms with Crippen LogP contribution in [0.3, 0.4) is 0 Å². The number of carbonyl (C=O) groups excluding carboxylic acids is 1. The Labute approximate surface area is 123 Å².